The van der Waals surface area contributed by atoms with Gasteiger partial charge in [-0.1, -0.05) is 35.3 Å². The highest BCUT2D eigenvalue weighted by atomic mass is 35.5. The molecule has 2 aromatic carbocycles. The molecule has 0 saturated carbocycles. The first kappa shape index (κ1) is 37.8. The molecule has 3 aromatic rings. The van der Waals surface area contributed by atoms with Gasteiger partial charge in [-0.2, -0.15) is 0 Å². The van der Waals surface area contributed by atoms with Crippen molar-refractivity contribution in [3.05, 3.63) is 76.5 Å². The standard InChI is InChI=1S/C36H46Cl2N8O5/c1-51-32-8-3-2-7-31(32)44-16-20-46(21-17-44)36(50)42-30(24-25-22-27(37)33(47)28(38)23-25)34(48)41-29(6-4-5-11-39)35(49)45-18-14-43(15-19-45)26-9-12-40-13-10-26/h2-3,7-10,12-13,22-23,29-30,47H,4-6,11,14-21,24,39H2,1H3,(H,41,48)(H,42,50). The minimum atomic E-state index is -1.07. The molecule has 2 aliphatic rings. The van der Waals surface area contributed by atoms with Crippen LogP contribution in [0.3, 0.4) is 0 Å². The Bertz CT molecular complexity index is 1610. The lowest BCUT2D eigenvalue weighted by molar-refractivity contribution is -0.137. The average Bonchev–Trinajstić information content (AvgIpc) is 3.16. The number of anilines is 2. The number of carbonyl (C=O) groups is 3. The van der Waals surface area contributed by atoms with E-state index < -0.39 is 24.0 Å². The van der Waals surface area contributed by atoms with Gasteiger partial charge in [0.05, 0.1) is 22.8 Å². The molecule has 5 N–H and O–H groups in total. The number of unbranched alkanes of at least 4 members (excludes halogenated alkanes) is 1. The lowest BCUT2D eigenvalue weighted by Crippen LogP contribution is -2.59. The maximum absolute atomic E-state index is 14.1. The van der Waals surface area contributed by atoms with Crippen molar-refractivity contribution in [3.63, 3.8) is 0 Å². The van der Waals surface area contributed by atoms with Gasteiger partial charge in [0.25, 0.3) is 0 Å². The zero-order chi connectivity index (χ0) is 36.3. The smallest absolute Gasteiger partial charge is 0.318 e. The summed E-state index contributed by atoms with van der Waals surface area (Å²) in [6.07, 6.45) is 5.24. The summed E-state index contributed by atoms with van der Waals surface area (Å²) in [7, 11) is 1.63. The van der Waals surface area contributed by atoms with Crippen molar-refractivity contribution in [2.75, 3.05) is 75.8 Å². The highest BCUT2D eigenvalue weighted by molar-refractivity contribution is 6.37. The number of hydrogen-bond donors (Lipinski definition) is 4. The number of methoxy groups -OCH3 is 1. The van der Waals surface area contributed by atoms with E-state index in [1.165, 1.54) is 12.1 Å². The molecule has 0 aliphatic carbocycles. The number of nitrogens with one attached hydrogen (secondary N) is 2. The molecule has 2 fully saturated rings. The minimum Gasteiger partial charge on any atom is -0.505 e. The molecule has 2 saturated heterocycles. The molecule has 2 atom stereocenters. The Balaban J connectivity index is 1.29. The summed E-state index contributed by atoms with van der Waals surface area (Å²) in [5.41, 5.74) is 8.28. The fourth-order valence-corrected chi connectivity index (χ4v) is 6.98. The Morgan fingerprint density at radius 3 is 2.14 bits per heavy atom. The third-order valence-corrected chi connectivity index (χ3v) is 9.88. The van der Waals surface area contributed by atoms with Gasteiger partial charge in [-0.3, -0.25) is 14.6 Å². The molecule has 51 heavy (non-hydrogen) atoms. The van der Waals surface area contributed by atoms with Crippen LogP contribution < -0.4 is 30.9 Å². The first-order chi connectivity index (χ1) is 24.7. The van der Waals surface area contributed by atoms with Crippen LogP contribution in [0.25, 0.3) is 0 Å². The predicted octanol–water partition coefficient (Wildman–Crippen LogP) is 3.51. The SMILES string of the molecule is COc1ccccc1N1CCN(C(=O)NC(Cc2cc(Cl)c(O)c(Cl)c2)C(=O)NC(CCCCN)C(=O)N2CCN(c3ccncc3)CC2)CC1. The average molecular weight is 742 g/mol. The van der Waals surface area contributed by atoms with Crippen LogP contribution in [0.4, 0.5) is 16.2 Å². The molecule has 1 aromatic heterocycles. The van der Waals surface area contributed by atoms with Crippen molar-refractivity contribution in [2.45, 2.75) is 37.8 Å². The number of para-hydroxylation sites is 2. The van der Waals surface area contributed by atoms with E-state index in [1.54, 1.807) is 29.3 Å². The summed E-state index contributed by atoms with van der Waals surface area (Å²) in [6.45, 7) is 4.72. The maximum atomic E-state index is 14.1. The maximum Gasteiger partial charge on any atom is 0.318 e. The van der Waals surface area contributed by atoms with Gasteiger partial charge in [-0.05, 0) is 67.8 Å². The lowest BCUT2D eigenvalue weighted by atomic mass is 10.0. The number of phenols is 1. The molecule has 13 nitrogen and oxygen atoms in total. The van der Waals surface area contributed by atoms with Gasteiger partial charge in [-0.25, -0.2) is 4.79 Å². The van der Waals surface area contributed by atoms with Crippen LogP contribution in [0.5, 0.6) is 11.5 Å². The second kappa shape index (κ2) is 18.2. The zero-order valence-corrected chi connectivity index (χ0v) is 30.3. The molecule has 5 rings (SSSR count). The molecular formula is C36H46Cl2N8O5. The topological polar surface area (TPSA) is 157 Å². The fraction of sp³-hybridized carbons (Fsp3) is 0.444. The number of carbonyl (C=O) groups excluding carboxylic acids is 3. The van der Waals surface area contributed by atoms with Gasteiger partial charge in [0.1, 0.15) is 17.8 Å². The molecule has 0 bridgehead atoms. The van der Waals surface area contributed by atoms with E-state index in [0.717, 1.165) is 17.1 Å². The number of hydrogen-bond acceptors (Lipinski definition) is 9. The molecular weight excluding hydrogens is 695 g/mol. The van der Waals surface area contributed by atoms with E-state index in [0.29, 0.717) is 83.7 Å². The minimum absolute atomic E-state index is 0.0206. The van der Waals surface area contributed by atoms with Gasteiger partial charge in [0.15, 0.2) is 5.75 Å². The number of rotatable bonds is 13. The van der Waals surface area contributed by atoms with Gasteiger partial charge in [-0.15, -0.1) is 0 Å². The molecule has 3 heterocycles. The Morgan fingerprint density at radius 2 is 1.49 bits per heavy atom. The van der Waals surface area contributed by atoms with E-state index in [2.05, 4.69) is 25.4 Å². The van der Waals surface area contributed by atoms with Crippen LogP contribution in [-0.2, 0) is 16.0 Å². The van der Waals surface area contributed by atoms with Crippen molar-refractivity contribution in [1.29, 1.82) is 0 Å². The summed E-state index contributed by atoms with van der Waals surface area (Å²) < 4.78 is 5.52. The summed E-state index contributed by atoms with van der Waals surface area (Å²) in [4.78, 5) is 53.6. The number of ether oxygens (including phenoxy) is 1. The van der Waals surface area contributed by atoms with Gasteiger partial charge in [0, 0.05) is 76.9 Å². The van der Waals surface area contributed by atoms with Crippen LogP contribution in [-0.4, -0.2) is 116 Å². The lowest BCUT2D eigenvalue weighted by Gasteiger charge is -2.38. The van der Waals surface area contributed by atoms with Gasteiger partial charge in [0.2, 0.25) is 11.8 Å². The highest BCUT2D eigenvalue weighted by Crippen LogP contribution is 2.33. The first-order valence-electron chi connectivity index (χ1n) is 17.2. The van der Waals surface area contributed by atoms with Crippen molar-refractivity contribution >= 4 is 52.4 Å². The van der Waals surface area contributed by atoms with Crippen LogP contribution in [0.2, 0.25) is 10.0 Å². The van der Waals surface area contributed by atoms with E-state index >= 15 is 0 Å². The van der Waals surface area contributed by atoms with Gasteiger partial charge >= 0.3 is 6.03 Å². The number of aromatic hydroxyl groups is 1. The molecule has 2 aliphatic heterocycles. The summed E-state index contributed by atoms with van der Waals surface area (Å²) in [6, 6.07) is 12.3. The number of piperazine rings is 2. The summed E-state index contributed by atoms with van der Waals surface area (Å²) in [5.74, 6) is -0.208. The second-order valence-corrected chi connectivity index (χ2v) is 13.4. The normalized spacial score (nSPS) is 16.0. The van der Waals surface area contributed by atoms with Crippen LogP contribution in [0, 0.1) is 0 Å². The number of phenolic OH excluding ortho intramolecular Hbond substituents is 1. The number of benzene rings is 2. The third kappa shape index (κ3) is 9.87. The summed E-state index contributed by atoms with van der Waals surface area (Å²) >= 11 is 12.4. The van der Waals surface area contributed by atoms with Crippen LogP contribution >= 0.6 is 23.2 Å². The van der Waals surface area contributed by atoms with Crippen molar-refractivity contribution < 1.29 is 24.2 Å². The van der Waals surface area contributed by atoms with Crippen LogP contribution in [0.1, 0.15) is 24.8 Å². The number of nitrogens with two attached hydrogens (primary N) is 1. The molecule has 4 amide bonds. The predicted molar refractivity (Wildman–Crippen MR) is 199 cm³/mol. The molecule has 2 unspecified atom stereocenters. The van der Waals surface area contributed by atoms with E-state index in [4.69, 9.17) is 33.7 Å². The Morgan fingerprint density at radius 1 is 0.863 bits per heavy atom. The molecule has 0 radical (unpaired) electrons. The fourth-order valence-electron chi connectivity index (χ4n) is 6.45. The highest BCUT2D eigenvalue weighted by Gasteiger charge is 2.33. The zero-order valence-electron chi connectivity index (χ0n) is 28.8. The third-order valence-electron chi connectivity index (χ3n) is 9.30. The van der Waals surface area contributed by atoms with E-state index in [9.17, 15) is 19.5 Å². The quantitative estimate of drug-likeness (QED) is 0.193. The second-order valence-electron chi connectivity index (χ2n) is 12.6. The van der Waals surface area contributed by atoms with Gasteiger partial charge < -0.3 is 45.8 Å². The molecule has 15 heteroatoms. The van der Waals surface area contributed by atoms with Crippen molar-refractivity contribution in [2.24, 2.45) is 5.73 Å². The number of nitrogens with zero attached hydrogens (tertiary/aromatic N) is 5. The Hall–Kier alpha value is -4.46. The number of amides is 4. The monoisotopic (exact) mass is 740 g/mol. The van der Waals surface area contributed by atoms with E-state index in [1.807, 2.05) is 36.4 Å². The number of pyridine rings is 1. The van der Waals surface area contributed by atoms with Crippen molar-refractivity contribution in [3.8, 4) is 11.5 Å². The number of halogens is 2. The Labute approximate surface area is 308 Å². The molecule has 0 spiro atoms. The largest absolute Gasteiger partial charge is 0.505 e. The van der Waals surface area contributed by atoms with E-state index in [-0.39, 0.29) is 28.1 Å². The Kier molecular flexibility index (Phi) is 13.5. The number of urea groups is 1. The summed E-state index contributed by atoms with van der Waals surface area (Å²) in [5, 5.41) is 16.0. The number of aromatic nitrogens is 1. The van der Waals surface area contributed by atoms with Crippen molar-refractivity contribution in [1.82, 2.24) is 25.4 Å². The first-order valence-corrected chi connectivity index (χ1v) is 18.0. The van der Waals surface area contributed by atoms with Crippen LogP contribution in [0.15, 0.2) is 60.9 Å². The molecule has 274 valence electrons.